The Morgan fingerprint density at radius 3 is 2.12 bits per heavy atom. The third-order valence-corrected chi connectivity index (χ3v) is 6.38. The fourth-order valence-corrected chi connectivity index (χ4v) is 5.33. The second-order valence-electron chi connectivity index (χ2n) is 5.29. The van der Waals surface area contributed by atoms with Crippen LogP contribution in [0.1, 0.15) is 23.4 Å². The summed E-state index contributed by atoms with van der Waals surface area (Å²) in [5.74, 6) is -0.303. The van der Waals surface area contributed by atoms with Crippen LogP contribution < -0.4 is 5.32 Å². The minimum atomic E-state index is -3.75. The van der Waals surface area contributed by atoms with Crippen LogP contribution in [0.15, 0.2) is 36.4 Å². The summed E-state index contributed by atoms with van der Waals surface area (Å²) in [6.07, 6.45) is 0. The number of thiocarbonyl (C=S) groups is 1. The van der Waals surface area contributed by atoms with Gasteiger partial charge in [-0.2, -0.15) is 0 Å². The normalized spacial score (nSPS) is 12.7. The van der Waals surface area contributed by atoms with Crippen molar-refractivity contribution in [3.8, 4) is 0 Å². The molecule has 0 heterocycles. The molecule has 3 nitrogen and oxygen atoms in total. The Bertz CT molecular complexity index is 916. The Hall–Kier alpha value is -0.560. The first kappa shape index (κ1) is 20.7. The summed E-state index contributed by atoms with van der Waals surface area (Å²) in [5.41, 5.74) is 0.797. The SMILES string of the molecule is CC(=S)NC(c1ccc(Cl)cc1Cl)S(=O)(=O)Cc1ccc(Cl)cc1Cl. The molecule has 2 aromatic carbocycles. The predicted molar refractivity (Wildman–Crippen MR) is 110 cm³/mol. The lowest BCUT2D eigenvalue weighted by atomic mass is 10.2. The molecule has 9 heteroatoms. The van der Waals surface area contributed by atoms with Crippen molar-refractivity contribution in [2.45, 2.75) is 18.1 Å². The van der Waals surface area contributed by atoms with Gasteiger partial charge in [-0.15, -0.1) is 0 Å². The molecule has 134 valence electrons. The number of hydrogen-bond donors (Lipinski definition) is 1. The number of rotatable bonds is 5. The van der Waals surface area contributed by atoms with Gasteiger partial charge in [0, 0.05) is 25.7 Å². The standard InChI is InChI=1S/C16H13Cl4NO2S2/c1-9(24)21-16(13-5-4-12(18)7-15(13)20)25(22,23)8-10-2-3-11(17)6-14(10)19/h2-7,16H,8H2,1H3,(H,21,24). The second kappa shape index (κ2) is 8.42. The maximum Gasteiger partial charge on any atom is 0.179 e. The quantitative estimate of drug-likeness (QED) is 0.573. The molecular weight excluding hydrogens is 444 g/mol. The Morgan fingerprint density at radius 1 is 1.04 bits per heavy atom. The smallest absolute Gasteiger partial charge is 0.179 e. The lowest BCUT2D eigenvalue weighted by Crippen LogP contribution is -2.32. The van der Waals surface area contributed by atoms with E-state index in [0.717, 1.165) is 0 Å². The van der Waals surface area contributed by atoms with E-state index in [-0.39, 0.29) is 15.8 Å². The molecule has 0 radical (unpaired) electrons. The van der Waals surface area contributed by atoms with Gasteiger partial charge in [0.25, 0.3) is 0 Å². The van der Waals surface area contributed by atoms with Crippen molar-refractivity contribution >= 4 is 73.4 Å². The highest BCUT2D eigenvalue weighted by atomic mass is 35.5. The molecule has 1 atom stereocenters. The predicted octanol–water partition coefficient (Wildman–Crippen LogP) is 5.85. The van der Waals surface area contributed by atoms with E-state index >= 15 is 0 Å². The van der Waals surface area contributed by atoms with Crippen molar-refractivity contribution in [3.63, 3.8) is 0 Å². The number of nitrogens with one attached hydrogen (secondary N) is 1. The van der Waals surface area contributed by atoms with E-state index in [1.54, 1.807) is 31.2 Å². The molecule has 0 aliphatic heterocycles. The van der Waals surface area contributed by atoms with Gasteiger partial charge in [0.1, 0.15) is 0 Å². The Morgan fingerprint density at radius 2 is 1.60 bits per heavy atom. The maximum absolute atomic E-state index is 13.0. The van der Waals surface area contributed by atoms with Gasteiger partial charge in [0.2, 0.25) is 0 Å². The van der Waals surface area contributed by atoms with E-state index in [1.807, 2.05) is 0 Å². The largest absolute Gasteiger partial charge is 0.360 e. The molecule has 25 heavy (non-hydrogen) atoms. The van der Waals surface area contributed by atoms with Crippen molar-refractivity contribution in [3.05, 3.63) is 67.6 Å². The van der Waals surface area contributed by atoms with Crippen molar-refractivity contribution in [2.24, 2.45) is 0 Å². The summed E-state index contributed by atoms with van der Waals surface area (Å²) in [6, 6.07) is 9.27. The number of halogens is 4. The topological polar surface area (TPSA) is 46.2 Å². The molecule has 1 unspecified atom stereocenters. The van der Waals surface area contributed by atoms with Crippen LogP contribution >= 0.6 is 58.6 Å². The van der Waals surface area contributed by atoms with Crippen molar-refractivity contribution in [1.29, 1.82) is 0 Å². The van der Waals surface area contributed by atoms with Gasteiger partial charge in [-0.25, -0.2) is 8.42 Å². The highest BCUT2D eigenvalue weighted by Gasteiger charge is 2.30. The van der Waals surface area contributed by atoms with Gasteiger partial charge in [-0.05, 0) is 36.8 Å². The third-order valence-electron chi connectivity index (χ3n) is 3.31. The van der Waals surface area contributed by atoms with E-state index in [4.69, 9.17) is 58.6 Å². The second-order valence-corrected chi connectivity index (χ2v) is 9.67. The average Bonchev–Trinajstić information content (AvgIpc) is 2.48. The van der Waals surface area contributed by atoms with E-state index < -0.39 is 15.2 Å². The molecular formula is C16H13Cl4NO2S2. The summed E-state index contributed by atoms with van der Waals surface area (Å²) in [4.78, 5) is 0.321. The first-order chi connectivity index (χ1) is 11.6. The van der Waals surface area contributed by atoms with Crippen LogP contribution in [0.4, 0.5) is 0 Å². The van der Waals surface area contributed by atoms with Gasteiger partial charge < -0.3 is 5.32 Å². The molecule has 1 N–H and O–H groups in total. The van der Waals surface area contributed by atoms with Crippen LogP contribution in [-0.2, 0) is 15.6 Å². The number of benzene rings is 2. The summed E-state index contributed by atoms with van der Waals surface area (Å²) in [5, 5.41) is 3.01. The molecule has 0 aliphatic carbocycles. The molecule has 0 amide bonds. The first-order valence-electron chi connectivity index (χ1n) is 6.97. The van der Waals surface area contributed by atoms with Gasteiger partial charge >= 0.3 is 0 Å². The summed E-state index contributed by atoms with van der Waals surface area (Å²) in [6.45, 7) is 1.59. The monoisotopic (exact) mass is 455 g/mol. The van der Waals surface area contributed by atoms with Gasteiger partial charge in [0.15, 0.2) is 15.2 Å². The van der Waals surface area contributed by atoms with E-state index in [1.165, 1.54) is 12.1 Å². The highest BCUT2D eigenvalue weighted by Crippen LogP contribution is 2.33. The summed E-state index contributed by atoms with van der Waals surface area (Å²) < 4.78 is 26.0. The Balaban J connectivity index is 2.46. The fourth-order valence-electron chi connectivity index (χ4n) is 2.20. The van der Waals surface area contributed by atoms with Crippen LogP contribution in [0.25, 0.3) is 0 Å². The Kier molecular flexibility index (Phi) is 6.99. The molecule has 0 saturated carbocycles. The van der Waals surface area contributed by atoms with E-state index in [9.17, 15) is 8.42 Å². The molecule has 2 rings (SSSR count). The zero-order valence-electron chi connectivity index (χ0n) is 12.9. The fraction of sp³-hybridized carbons (Fsp3) is 0.188. The zero-order chi connectivity index (χ0) is 18.8. The van der Waals surface area contributed by atoms with Crippen molar-refractivity contribution < 1.29 is 8.42 Å². The third kappa shape index (κ3) is 5.46. The molecule has 0 fully saturated rings. The van der Waals surface area contributed by atoms with Crippen molar-refractivity contribution in [2.75, 3.05) is 0 Å². The molecule has 0 saturated heterocycles. The van der Waals surface area contributed by atoms with Crippen LogP contribution in [0.2, 0.25) is 20.1 Å². The highest BCUT2D eigenvalue weighted by molar-refractivity contribution is 7.91. The van der Waals surface area contributed by atoms with Crippen molar-refractivity contribution in [1.82, 2.24) is 5.32 Å². The average molecular weight is 457 g/mol. The Labute approximate surface area is 172 Å². The number of hydrogen-bond acceptors (Lipinski definition) is 3. The zero-order valence-corrected chi connectivity index (χ0v) is 17.6. The molecule has 0 spiro atoms. The van der Waals surface area contributed by atoms with Gasteiger partial charge in [-0.1, -0.05) is 70.8 Å². The summed E-state index contributed by atoms with van der Waals surface area (Å²) >= 11 is 29.1. The number of sulfone groups is 1. The van der Waals surface area contributed by atoms with Gasteiger partial charge in [0.05, 0.1) is 10.7 Å². The van der Waals surface area contributed by atoms with E-state index in [2.05, 4.69) is 5.32 Å². The molecule has 0 aromatic heterocycles. The molecule has 0 bridgehead atoms. The van der Waals surface area contributed by atoms with E-state index in [0.29, 0.717) is 26.2 Å². The lowest BCUT2D eigenvalue weighted by Gasteiger charge is -2.21. The van der Waals surface area contributed by atoms with Crippen LogP contribution in [0.3, 0.4) is 0 Å². The maximum atomic E-state index is 13.0. The van der Waals surface area contributed by atoms with Crippen LogP contribution in [0, 0.1) is 0 Å². The summed E-state index contributed by atoms with van der Waals surface area (Å²) in [7, 11) is -3.75. The van der Waals surface area contributed by atoms with Gasteiger partial charge in [-0.3, -0.25) is 0 Å². The minimum absolute atomic E-state index is 0.229. The molecule has 2 aromatic rings. The first-order valence-corrected chi connectivity index (χ1v) is 10.6. The minimum Gasteiger partial charge on any atom is -0.360 e. The lowest BCUT2D eigenvalue weighted by molar-refractivity contribution is 0.576. The van der Waals surface area contributed by atoms with Crippen LogP contribution in [-0.4, -0.2) is 13.4 Å². The molecule has 0 aliphatic rings. The van der Waals surface area contributed by atoms with Crippen LogP contribution in [0.5, 0.6) is 0 Å².